The zero-order valence-electron chi connectivity index (χ0n) is 17.9. The van der Waals surface area contributed by atoms with Gasteiger partial charge in [0.2, 0.25) is 0 Å². The molecule has 4 rings (SSSR count). The highest BCUT2D eigenvalue weighted by molar-refractivity contribution is 6.39. The van der Waals surface area contributed by atoms with Crippen LogP contribution in [-0.4, -0.2) is 22.4 Å². The lowest BCUT2D eigenvalue weighted by molar-refractivity contribution is -0.122. The minimum atomic E-state index is -0.721. The molecule has 1 aromatic heterocycles. The number of anilines is 1. The Balaban J connectivity index is 1.73. The Labute approximate surface area is 176 Å². The molecule has 6 heteroatoms. The monoisotopic (exact) mass is 405 g/mol. The normalized spacial score (nSPS) is 19.1. The van der Waals surface area contributed by atoms with Gasteiger partial charge in [0.1, 0.15) is 5.57 Å². The van der Waals surface area contributed by atoms with Gasteiger partial charge in [0.05, 0.1) is 5.69 Å². The summed E-state index contributed by atoms with van der Waals surface area (Å²) in [4.78, 5) is 39.2. The number of hydrogen-bond donors (Lipinski definition) is 1. The van der Waals surface area contributed by atoms with Crippen molar-refractivity contribution in [2.75, 3.05) is 4.90 Å². The van der Waals surface area contributed by atoms with Crippen molar-refractivity contribution in [1.82, 2.24) is 9.88 Å². The molecule has 2 aromatic rings. The summed E-state index contributed by atoms with van der Waals surface area (Å²) in [6, 6.07) is 7.13. The molecule has 1 aliphatic carbocycles. The quantitative estimate of drug-likeness (QED) is 0.604. The lowest BCUT2D eigenvalue weighted by Crippen LogP contribution is -2.54. The fourth-order valence-corrected chi connectivity index (χ4v) is 4.59. The number of aromatic nitrogens is 1. The summed E-state index contributed by atoms with van der Waals surface area (Å²) in [7, 11) is 0. The fraction of sp³-hybridized carbons (Fsp3) is 0.375. The topological polar surface area (TPSA) is 71.4 Å². The summed E-state index contributed by atoms with van der Waals surface area (Å²) in [5.74, 6) is -1.26. The summed E-state index contributed by atoms with van der Waals surface area (Å²) in [6.07, 6.45) is 6.38. The van der Waals surface area contributed by atoms with E-state index >= 15 is 0 Å². The van der Waals surface area contributed by atoms with Crippen molar-refractivity contribution >= 4 is 29.6 Å². The summed E-state index contributed by atoms with van der Waals surface area (Å²) in [6.45, 7) is 7.97. The van der Waals surface area contributed by atoms with E-state index in [2.05, 4.69) is 16.8 Å². The number of benzene rings is 1. The molecule has 2 aliphatic rings. The molecule has 0 atom stereocenters. The molecule has 4 amide bonds. The Kier molecular flexibility index (Phi) is 5.10. The molecule has 1 saturated carbocycles. The van der Waals surface area contributed by atoms with Gasteiger partial charge in [-0.1, -0.05) is 18.9 Å². The van der Waals surface area contributed by atoms with Gasteiger partial charge in [0, 0.05) is 17.4 Å². The number of nitrogens with zero attached hydrogens (tertiary/aromatic N) is 2. The Hall–Kier alpha value is -3.15. The highest BCUT2D eigenvalue weighted by Crippen LogP contribution is 2.34. The predicted octanol–water partition coefficient (Wildman–Crippen LogP) is 4.50. The van der Waals surface area contributed by atoms with Crippen molar-refractivity contribution in [2.45, 2.75) is 59.4 Å². The highest BCUT2D eigenvalue weighted by atomic mass is 16.2. The minimum absolute atomic E-state index is 0.0282. The van der Waals surface area contributed by atoms with Gasteiger partial charge in [-0.2, -0.15) is 0 Å². The third-order valence-corrected chi connectivity index (χ3v) is 6.36. The first-order valence-electron chi connectivity index (χ1n) is 10.4. The first-order valence-corrected chi connectivity index (χ1v) is 10.4. The standard InChI is InChI=1S/C24H27N3O3/c1-14-9-10-20(11-15(14)2)27-23(29)21(22(28)25-24(27)30)13-18-12-16(3)26(17(18)4)19-7-5-6-8-19/h9-13,19H,5-8H2,1-4H3,(H,25,28,30)/b21-13+. The molecular formula is C24H27N3O3. The second kappa shape index (κ2) is 7.59. The van der Waals surface area contributed by atoms with E-state index in [0.717, 1.165) is 45.8 Å². The van der Waals surface area contributed by atoms with Crippen molar-refractivity contribution in [1.29, 1.82) is 0 Å². The average Bonchev–Trinajstić information content (AvgIpc) is 3.29. The molecule has 0 radical (unpaired) electrons. The van der Waals surface area contributed by atoms with Crippen LogP contribution in [0.4, 0.5) is 10.5 Å². The summed E-state index contributed by atoms with van der Waals surface area (Å²) in [5.41, 5.74) is 5.46. The number of nitrogens with one attached hydrogen (secondary N) is 1. The molecular weight excluding hydrogens is 378 g/mol. The smallest absolute Gasteiger partial charge is 0.335 e. The second-order valence-electron chi connectivity index (χ2n) is 8.36. The Morgan fingerprint density at radius 1 is 0.967 bits per heavy atom. The van der Waals surface area contributed by atoms with Crippen LogP contribution in [0.25, 0.3) is 6.08 Å². The third kappa shape index (κ3) is 3.36. The summed E-state index contributed by atoms with van der Waals surface area (Å²) >= 11 is 0. The van der Waals surface area contributed by atoms with Gasteiger partial charge in [-0.3, -0.25) is 14.9 Å². The van der Waals surface area contributed by atoms with Crippen LogP contribution in [0.5, 0.6) is 0 Å². The number of rotatable bonds is 3. The number of carbonyl (C=O) groups excluding carboxylic acids is 3. The number of carbonyl (C=O) groups is 3. The molecule has 6 nitrogen and oxygen atoms in total. The molecule has 0 spiro atoms. The van der Waals surface area contributed by atoms with E-state index < -0.39 is 17.8 Å². The molecule has 1 saturated heterocycles. The first-order chi connectivity index (χ1) is 14.3. The van der Waals surface area contributed by atoms with Gasteiger partial charge in [0.15, 0.2) is 0 Å². The number of urea groups is 1. The molecule has 0 unspecified atom stereocenters. The Bertz CT molecular complexity index is 1090. The van der Waals surface area contributed by atoms with Crippen LogP contribution in [0.15, 0.2) is 29.8 Å². The number of hydrogen-bond acceptors (Lipinski definition) is 3. The second-order valence-corrected chi connectivity index (χ2v) is 8.36. The van der Waals surface area contributed by atoms with Gasteiger partial charge < -0.3 is 4.57 Å². The zero-order chi connectivity index (χ0) is 21.6. The average molecular weight is 405 g/mol. The van der Waals surface area contributed by atoms with Crippen LogP contribution in [0.1, 0.15) is 59.8 Å². The van der Waals surface area contributed by atoms with E-state index in [9.17, 15) is 14.4 Å². The summed E-state index contributed by atoms with van der Waals surface area (Å²) in [5, 5.41) is 2.31. The molecule has 1 aliphatic heterocycles. The lowest BCUT2D eigenvalue weighted by Gasteiger charge is -2.26. The van der Waals surface area contributed by atoms with Gasteiger partial charge >= 0.3 is 6.03 Å². The van der Waals surface area contributed by atoms with E-state index in [1.807, 2.05) is 32.9 Å². The predicted molar refractivity (Wildman–Crippen MR) is 116 cm³/mol. The van der Waals surface area contributed by atoms with E-state index in [0.29, 0.717) is 11.7 Å². The number of amides is 4. The maximum atomic E-state index is 13.2. The fourth-order valence-electron chi connectivity index (χ4n) is 4.59. The third-order valence-electron chi connectivity index (χ3n) is 6.36. The number of aryl methyl sites for hydroxylation is 3. The van der Waals surface area contributed by atoms with Crippen molar-refractivity contribution in [3.63, 3.8) is 0 Å². The number of barbiturate groups is 1. The van der Waals surface area contributed by atoms with Gasteiger partial charge in [-0.15, -0.1) is 0 Å². The lowest BCUT2D eigenvalue weighted by atomic mass is 10.1. The highest BCUT2D eigenvalue weighted by Gasteiger charge is 2.37. The van der Waals surface area contributed by atoms with E-state index in [1.54, 1.807) is 18.2 Å². The molecule has 1 N–H and O–H groups in total. The van der Waals surface area contributed by atoms with Crippen LogP contribution < -0.4 is 10.2 Å². The molecule has 1 aromatic carbocycles. The maximum absolute atomic E-state index is 13.2. The van der Waals surface area contributed by atoms with E-state index in [4.69, 9.17) is 0 Å². The Morgan fingerprint density at radius 2 is 1.67 bits per heavy atom. The van der Waals surface area contributed by atoms with Crippen molar-refractivity contribution < 1.29 is 14.4 Å². The van der Waals surface area contributed by atoms with Gasteiger partial charge in [-0.25, -0.2) is 9.69 Å². The van der Waals surface area contributed by atoms with Gasteiger partial charge in [-0.05, 0) is 81.5 Å². The largest absolute Gasteiger partial charge is 0.346 e. The first kappa shape index (κ1) is 20.1. The van der Waals surface area contributed by atoms with Crippen LogP contribution in [0.3, 0.4) is 0 Å². The number of imide groups is 2. The van der Waals surface area contributed by atoms with Crippen LogP contribution in [0.2, 0.25) is 0 Å². The summed E-state index contributed by atoms with van der Waals surface area (Å²) < 4.78 is 2.32. The molecule has 156 valence electrons. The zero-order valence-corrected chi connectivity index (χ0v) is 17.9. The molecule has 30 heavy (non-hydrogen) atoms. The van der Waals surface area contributed by atoms with Crippen molar-refractivity contribution in [3.8, 4) is 0 Å². The minimum Gasteiger partial charge on any atom is -0.346 e. The Morgan fingerprint density at radius 3 is 2.33 bits per heavy atom. The SMILES string of the molecule is Cc1ccc(N2C(=O)NC(=O)/C(=C\c3cc(C)n(C4CCCC4)c3C)C2=O)cc1C. The molecule has 2 fully saturated rings. The van der Waals surface area contributed by atoms with Gasteiger partial charge in [0.25, 0.3) is 11.8 Å². The van der Waals surface area contributed by atoms with E-state index in [-0.39, 0.29) is 5.57 Å². The van der Waals surface area contributed by atoms with Crippen LogP contribution in [0, 0.1) is 27.7 Å². The molecule has 0 bridgehead atoms. The van der Waals surface area contributed by atoms with E-state index in [1.165, 1.54) is 12.8 Å². The van der Waals surface area contributed by atoms with Crippen LogP contribution >= 0.6 is 0 Å². The van der Waals surface area contributed by atoms with Crippen molar-refractivity contribution in [3.05, 3.63) is 57.9 Å². The molecule has 2 heterocycles. The maximum Gasteiger partial charge on any atom is 0.335 e. The van der Waals surface area contributed by atoms with Crippen molar-refractivity contribution in [2.24, 2.45) is 0 Å². The van der Waals surface area contributed by atoms with Crippen LogP contribution in [-0.2, 0) is 9.59 Å².